The maximum absolute atomic E-state index is 5.65. The van der Waals surface area contributed by atoms with Crippen molar-refractivity contribution >= 4 is 23.1 Å². The van der Waals surface area contributed by atoms with Gasteiger partial charge in [0.2, 0.25) is 0 Å². The summed E-state index contributed by atoms with van der Waals surface area (Å²) in [5.41, 5.74) is 3.25. The normalized spacial score (nSPS) is 10.8. The van der Waals surface area contributed by atoms with E-state index in [4.69, 9.17) is 12.2 Å². The van der Waals surface area contributed by atoms with E-state index in [1.54, 1.807) is 0 Å². The minimum Gasteiger partial charge on any atom is -0.288 e. The summed E-state index contributed by atoms with van der Waals surface area (Å²) in [6, 6.07) is 16.2. The molecule has 1 aromatic heterocycles. The second-order valence-electron chi connectivity index (χ2n) is 4.60. The Morgan fingerprint density at radius 3 is 2.42 bits per heavy atom. The van der Waals surface area contributed by atoms with Crippen LogP contribution in [0, 0.1) is 18.5 Å². The summed E-state index contributed by atoms with van der Waals surface area (Å²) in [7, 11) is 0. The third kappa shape index (κ3) is 1.96. The van der Waals surface area contributed by atoms with Crippen LogP contribution in [0.2, 0.25) is 0 Å². The molecule has 0 fully saturated rings. The lowest BCUT2D eigenvalue weighted by atomic mass is 10.2. The first-order valence-corrected chi connectivity index (χ1v) is 6.64. The smallest absolute Gasteiger partial charge is 0.121 e. The van der Waals surface area contributed by atoms with Crippen LogP contribution in [0.4, 0.5) is 0 Å². The quantitative estimate of drug-likeness (QED) is 0.609. The van der Waals surface area contributed by atoms with E-state index in [0.717, 1.165) is 27.1 Å². The van der Waals surface area contributed by atoms with Crippen molar-refractivity contribution in [3.05, 3.63) is 64.6 Å². The van der Waals surface area contributed by atoms with Crippen LogP contribution in [0.1, 0.15) is 11.4 Å². The molecule has 0 saturated heterocycles. The molecule has 0 aliphatic carbocycles. The van der Waals surface area contributed by atoms with E-state index in [2.05, 4.69) is 24.0 Å². The van der Waals surface area contributed by atoms with Crippen molar-refractivity contribution in [3.63, 3.8) is 0 Å². The number of nitrogens with zero attached hydrogens (tertiary/aromatic N) is 2. The van der Waals surface area contributed by atoms with E-state index < -0.39 is 0 Å². The van der Waals surface area contributed by atoms with E-state index in [-0.39, 0.29) is 0 Å². The molecule has 0 bridgehead atoms. The summed E-state index contributed by atoms with van der Waals surface area (Å²) in [5, 5.41) is 1.02. The first-order chi connectivity index (χ1) is 9.18. The molecule has 0 saturated carbocycles. The van der Waals surface area contributed by atoms with E-state index in [1.807, 2.05) is 47.9 Å². The van der Waals surface area contributed by atoms with Gasteiger partial charge in [0.1, 0.15) is 10.5 Å². The number of rotatable bonds is 1. The average molecular weight is 266 g/mol. The minimum absolute atomic E-state index is 0.817. The van der Waals surface area contributed by atoms with E-state index in [0.29, 0.717) is 0 Å². The van der Waals surface area contributed by atoms with Gasteiger partial charge in [0.05, 0.1) is 11.2 Å². The summed E-state index contributed by atoms with van der Waals surface area (Å²) < 4.78 is 2.87. The van der Waals surface area contributed by atoms with Crippen LogP contribution in [-0.4, -0.2) is 9.55 Å². The van der Waals surface area contributed by atoms with Crippen LogP contribution in [0.3, 0.4) is 0 Å². The Kier molecular flexibility index (Phi) is 2.91. The number of aryl methyl sites for hydroxylation is 2. The molecule has 1 heterocycles. The molecule has 3 heteroatoms. The number of hydrogen-bond donors (Lipinski definition) is 0. The highest BCUT2D eigenvalue weighted by Crippen LogP contribution is 2.21. The van der Waals surface area contributed by atoms with Crippen LogP contribution in [0.25, 0.3) is 16.6 Å². The fraction of sp³-hybridized carbons (Fsp3) is 0.125. The molecule has 0 spiro atoms. The molecule has 0 N–H and O–H groups in total. The Labute approximate surface area is 117 Å². The molecular weight excluding hydrogens is 252 g/mol. The molecular formula is C16H14N2S. The van der Waals surface area contributed by atoms with Gasteiger partial charge >= 0.3 is 0 Å². The molecule has 0 atom stereocenters. The van der Waals surface area contributed by atoms with Crippen molar-refractivity contribution in [2.24, 2.45) is 0 Å². The van der Waals surface area contributed by atoms with Crippen molar-refractivity contribution in [1.82, 2.24) is 9.55 Å². The van der Waals surface area contributed by atoms with Crippen LogP contribution < -0.4 is 0 Å². The van der Waals surface area contributed by atoms with Crippen molar-refractivity contribution in [3.8, 4) is 5.69 Å². The number of para-hydroxylation sites is 2. The Morgan fingerprint density at radius 2 is 1.63 bits per heavy atom. The lowest BCUT2D eigenvalue weighted by Crippen LogP contribution is -2.06. The average Bonchev–Trinajstić information content (AvgIpc) is 2.41. The predicted molar refractivity (Wildman–Crippen MR) is 81.4 cm³/mol. The van der Waals surface area contributed by atoms with Gasteiger partial charge in [-0.25, -0.2) is 4.98 Å². The van der Waals surface area contributed by atoms with Crippen molar-refractivity contribution in [2.75, 3.05) is 0 Å². The van der Waals surface area contributed by atoms with Crippen LogP contribution in [0.5, 0.6) is 0 Å². The number of hydrogen-bond acceptors (Lipinski definition) is 2. The Balaban J connectivity index is 2.43. The summed E-state index contributed by atoms with van der Waals surface area (Å²) in [5.74, 6) is 0.915. The van der Waals surface area contributed by atoms with Crippen LogP contribution >= 0.6 is 12.2 Å². The van der Waals surface area contributed by atoms with Gasteiger partial charge in [-0.1, -0.05) is 42.5 Å². The second-order valence-corrected chi connectivity index (χ2v) is 4.99. The maximum atomic E-state index is 5.65. The number of benzene rings is 2. The zero-order valence-electron chi connectivity index (χ0n) is 10.9. The fourth-order valence-corrected chi connectivity index (χ4v) is 2.74. The molecule has 0 radical (unpaired) electrons. The van der Waals surface area contributed by atoms with Gasteiger partial charge < -0.3 is 0 Å². The molecule has 94 valence electrons. The summed E-state index contributed by atoms with van der Waals surface area (Å²) in [4.78, 5) is 4.65. The molecule has 2 nitrogen and oxygen atoms in total. The van der Waals surface area contributed by atoms with Crippen molar-refractivity contribution in [1.29, 1.82) is 0 Å². The third-order valence-electron chi connectivity index (χ3n) is 3.30. The van der Waals surface area contributed by atoms with E-state index >= 15 is 0 Å². The molecule has 0 aliphatic heterocycles. The fourth-order valence-electron chi connectivity index (χ4n) is 2.34. The maximum Gasteiger partial charge on any atom is 0.121 e. The third-order valence-corrected chi connectivity index (χ3v) is 3.70. The second kappa shape index (κ2) is 4.59. The first kappa shape index (κ1) is 12.1. The lowest BCUT2D eigenvalue weighted by Gasteiger charge is -2.14. The van der Waals surface area contributed by atoms with Gasteiger partial charge in [-0.05, 0) is 37.6 Å². The molecule has 0 unspecified atom stereocenters. The topological polar surface area (TPSA) is 17.8 Å². The number of aromatic nitrogens is 2. The van der Waals surface area contributed by atoms with Gasteiger partial charge in [0, 0.05) is 5.39 Å². The highest BCUT2D eigenvalue weighted by molar-refractivity contribution is 7.71. The van der Waals surface area contributed by atoms with Gasteiger partial charge in [-0.2, -0.15) is 0 Å². The SMILES string of the molecule is Cc1ccccc1-n1c(C)nc2ccccc2c1=S. The largest absolute Gasteiger partial charge is 0.288 e. The highest BCUT2D eigenvalue weighted by Gasteiger charge is 2.08. The van der Waals surface area contributed by atoms with Gasteiger partial charge in [0.15, 0.2) is 0 Å². The summed E-state index contributed by atoms with van der Waals surface area (Å²) in [6.07, 6.45) is 0. The molecule has 3 rings (SSSR count). The van der Waals surface area contributed by atoms with Crippen LogP contribution in [-0.2, 0) is 0 Å². The first-order valence-electron chi connectivity index (χ1n) is 6.23. The van der Waals surface area contributed by atoms with Gasteiger partial charge in [-0.15, -0.1) is 0 Å². The summed E-state index contributed by atoms with van der Waals surface area (Å²) in [6.45, 7) is 4.08. The molecule has 0 amide bonds. The molecule has 3 aromatic rings. The van der Waals surface area contributed by atoms with Crippen molar-refractivity contribution < 1.29 is 0 Å². The Morgan fingerprint density at radius 1 is 0.947 bits per heavy atom. The molecule has 0 aliphatic rings. The van der Waals surface area contributed by atoms with E-state index in [1.165, 1.54) is 5.56 Å². The van der Waals surface area contributed by atoms with E-state index in [9.17, 15) is 0 Å². The van der Waals surface area contributed by atoms with Crippen LogP contribution in [0.15, 0.2) is 48.5 Å². The van der Waals surface area contributed by atoms with Crippen molar-refractivity contribution in [2.45, 2.75) is 13.8 Å². The Bertz CT molecular complexity index is 818. The number of fused-ring (bicyclic) bond motifs is 1. The monoisotopic (exact) mass is 266 g/mol. The van der Waals surface area contributed by atoms with Gasteiger partial charge in [-0.3, -0.25) is 4.57 Å². The standard InChI is InChI=1S/C16H14N2S/c1-11-7-3-6-10-15(11)18-12(2)17-14-9-5-4-8-13(14)16(18)19/h3-10H,1-2H3. The molecule has 2 aromatic carbocycles. The molecule has 19 heavy (non-hydrogen) atoms. The minimum atomic E-state index is 0.817. The zero-order valence-corrected chi connectivity index (χ0v) is 11.7. The lowest BCUT2D eigenvalue weighted by molar-refractivity contribution is 0.909. The zero-order chi connectivity index (χ0) is 13.4. The van der Waals surface area contributed by atoms with Gasteiger partial charge in [0.25, 0.3) is 0 Å². The highest BCUT2D eigenvalue weighted by atomic mass is 32.1. The Hall–Kier alpha value is -2.00. The predicted octanol–water partition coefficient (Wildman–Crippen LogP) is 4.37. The summed E-state index contributed by atoms with van der Waals surface area (Å²) >= 11 is 5.65.